The Hall–Kier alpha value is -3.53. The highest BCUT2D eigenvalue weighted by atomic mass is 16.5. The zero-order valence-electron chi connectivity index (χ0n) is 20.6. The highest BCUT2D eigenvalue weighted by molar-refractivity contribution is 5.95. The number of rotatable bonds is 1. The van der Waals surface area contributed by atoms with Crippen molar-refractivity contribution < 1.29 is 33.4 Å². The van der Waals surface area contributed by atoms with Crippen LogP contribution in [0.1, 0.15) is 55.9 Å². The molecule has 3 rings (SSSR count). The van der Waals surface area contributed by atoms with Gasteiger partial charge in [-0.15, -0.1) is 0 Å². The van der Waals surface area contributed by atoms with Crippen LogP contribution in [0.5, 0.6) is 0 Å². The number of nitrogens with one attached hydrogen (secondary N) is 1. The molecule has 1 aromatic heterocycles. The van der Waals surface area contributed by atoms with Gasteiger partial charge in [-0.2, -0.15) is 0 Å². The van der Waals surface area contributed by atoms with E-state index in [2.05, 4.69) is 10.3 Å². The van der Waals surface area contributed by atoms with Crippen molar-refractivity contribution in [3.05, 3.63) is 54.3 Å². The fourth-order valence-corrected chi connectivity index (χ4v) is 3.99. The average Bonchev–Trinajstić information content (AvgIpc) is 3.49. The van der Waals surface area contributed by atoms with E-state index in [1.165, 1.54) is 23.3 Å². The molecule has 2 N–H and O–H groups in total. The van der Waals surface area contributed by atoms with E-state index in [1.807, 2.05) is 13.8 Å². The smallest absolute Gasteiger partial charge is 0.329 e. The number of Topliss-reactive ketones (excluding diaryl/α,β-unsaturated/α-hetero) is 1. The maximum absolute atomic E-state index is 13.1. The predicted molar refractivity (Wildman–Crippen MR) is 130 cm³/mol. The lowest BCUT2D eigenvalue weighted by molar-refractivity contribution is -0.155. The van der Waals surface area contributed by atoms with Crippen molar-refractivity contribution in [1.29, 1.82) is 0 Å². The molecule has 3 heterocycles. The summed E-state index contributed by atoms with van der Waals surface area (Å²) in [5.74, 6) is -1.50. The second-order valence-electron chi connectivity index (χ2n) is 9.19. The molecule has 1 aromatic rings. The molecule has 1 saturated heterocycles. The number of carbonyl (C=O) groups is 4. The van der Waals surface area contributed by atoms with Crippen LogP contribution < -0.4 is 5.32 Å². The fraction of sp³-hybridized carbons (Fsp3) is 0.500. The van der Waals surface area contributed by atoms with Crippen LogP contribution in [0.4, 0.5) is 0 Å². The van der Waals surface area contributed by atoms with Gasteiger partial charge in [0.25, 0.3) is 5.91 Å². The first-order valence-electron chi connectivity index (χ1n) is 12.2. The number of hydrogen-bond acceptors (Lipinski definition) is 8. The maximum Gasteiger partial charge on any atom is 0.329 e. The van der Waals surface area contributed by atoms with Gasteiger partial charge in [-0.25, -0.2) is 9.78 Å². The Kier molecular flexibility index (Phi) is 9.75. The van der Waals surface area contributed by atoms with Gasteiger partial charge in [-0.05, 0) is 24.8 Å². The van der Waals surface area contributed by atoms with Crippen LogP contribution in [0.25, 0.3) is 0 Å². The Morgan fingerprint density at radius 1 is 1.17 bits per heavy atom. The number of nitrogens with zero attached hydrogens (tertiary/aromatic N) is 2. The first-order chi connectivity index (χ1) is 17.2. The van der Waals surface area contributed by atoms with Crippen molar-refractivity contribution in [3.63, 3.8) is 0 Å². The predicted octanol–water partition coefficient (Wildman–Crippen LogP) is 1.90. The third-order valence-corrected chi connectivity index (χ3v) is 5.97. The topological polar surface area (TPSA) is 139 Å². The summed E-state index contributed by atoms with van der Waals surface area (Å²) in [6.07, 6.45) is 10.3. The molecule has 0 aliphatic carbocycles. The molecule has 36 heavy (non-hydrogen) atoms. The standard InChI is InChI=1S/C26H33N3O7/c1-17(2)22-10-6-11-23(32)27-12-5-3-4-8-18(30)14-19(31)15-24-28-20(16-35-24)25(33)29-13-7-9-21(29)26(34)36-22/h3-6,8,11,16-18,21-22,30H,7,9-10,12-15H2,1-2H3,(H,27,32)/b5-3+,8-4+,11-6+/t18-,21?,22+/m1/s1. The number of cyclic esters (lactones) is 1. The van der Waals surface area contributed by atoms with Gasteiger partial charge in [-0.3, -0.25) is 14.4 Å². The molecule has 3 atom stereocenters. The summed E-state index contributed by atoms with van der Waals surface area (Å²) in [6, 6.07) is -0.747. The van der Waals surface area contributed by atoms with Gasteiger partial charge < -0.3 is 24.5 Å². The number of oxazole rings is 1. The number of fused-ring (bicyclic) bond motifs is 3. The van der Waals surface area contributed by atoms with Crippen LogP contribution >= 0.6 is 0 Å². The number of aliphatic hydroxyl groups excluding tert-OH is 1. The highest BCUT2D eigenvalue weighted by Crippen LogP contribution is 2.23. The van der Waals surface area contributed by atoms with E-state index in [0.29, 0.717) is 25.8 Å². The SMILES string of the molecule is CC(C)[C@@H]1C/C=C/C(=O)NC/C=C/C=C/[C@@H](O)CC(=O)Cc2nc(co2)C(=O)N2CCCC2C(=O)O1. The van der Waals surface area contributed by atoms with Gasteiger partial charge >= 0.3 is 5.97 Å². The third-order valence-electron chi connectivity index (χ3n) is 5.97. The number of esters is 1. The number of ether oxygens (including phenoxy) is 1. The average molecular weight is 500 g/mol. The van der Waals surface area contributed by atoms with Crippen molar-refractivity contribution in [2.45, 2.75) is 64.2 Å². The van der Waals surface area contributed by atoms with E-state index < -0.39 is 30.1 Å². The Bertz CT molecular complexity index is 1040. The fourth-order valence-electron chi connectivity index (χ4n) is 3.99. The number of allylic oxidation sites excluding steroid dienone is 2. The van der Waals surface area contributed by atoms with Gasteiger partial charge in [0.2, 0.25) is 11.8 Å². The maximum atomic E-state index is 13.1. The van der Waals surface area contributed by atoms with Gasteiger partial charge in [0.05, 0.1) is 12.5 Å². The Labute approximate surface area is 210 Å². The summed E-state index contributed by atoms with van der Waals surface area (Å²) in [4.78, 5) is 55.9. The summed E-state index contributed by atoms with van der Waals surface area (Å²) >= 11 is 0. The number of aliphatic hydroxyl groups is 1. The molecule has 1 unspecified atom stereocenters. The molecule has 2 amide bonds. The number of amides is 2. The molecule has 2 bridgehead atoms. The molecule has 10 nitrogen and oxygen atoms in total. The lowest BCUT2D eigenvalue weighted by Gasteiger charge is -2.26. The van der Waals surface area contributed by atoms with E-state index in [0.717, 1.165) is 0 Å². The number of carbonyl (C=O) groups excluding carboxylic acids is 4. The first kappa shape index (κ1) is 27.1. The molecule has 10 heteroatoms. The molecule has 194 valence electrons. The Balaban J connectivity index is 1.79. The van der Waals surface area contributed by atoms with Crippen LogP contribution in [-0.2, 0) is 25.5 Å². The quantitative estimate of drug-likeness (QED) is 0.559. The lowest BCUT2D eigenvalue weighted by atomic mass is 10.0. The van der Waals surface area contributed by atoms with Gasteiger partial charge in [0.15, 0.2) is 5.69 Å². The summed E-state index contributed by atoms with van der Waals surface area (Å²) in [7, 11) is 0. The van der Waals surface area contributed by atoms with E-state index >= 15 is 0 Å². The van der Waals surface area contributed by atoms with Gasteiger partial charge in [0.1, 0.15) is 24.2 Å². The second kappa shape index (κ2) is 13.0. The lowest BCUT2D eigenvalue weighted by Crippen LogP contribution is -2.43. The summed E-state index contributed by atoms with van der Waals surface area (Å²) in [6.45, 7) is 4.49. The zero-order valence-corrected chi connectivity index (χ0v) is 20.6. The monoisotopic (exact) mass is 499 g/mol. The van der Waals surface area contributed by atoms with Crippen molar-refractivity contribution in [2.24, 2.45) is 5.92 Å². The first-order valence-corrected chi connectivity index (χ1v) is 12.2. The van der Waals surface area contributed by atoms with Crippen molar-refractivity contribution in [3.8, 4) is 0 Å². The molecule has 0 saturated carbocycles. The summed E-state index contributed by atoms with van der Waals surface area (Å²) in [5, 5.41) is 12.7. The molecular weight excluding hydrogens is 466 g/mol. The molecule has 0 aromatic carbocycles. The third kappa shape index (κ3) is 7.74. The number of aromatic nitrogens is 1. The minimum atomic E-state index is -0.998. The molecule has 0 spiro atoms. The second-order valence-corrected chi connectivity index (χ2v) is 9.19. The van der Waals surface area contributed by atoms with Crippen LogP contribution in [0.3, 0.4) is 0 Å². The Morgan fingerprint density at radius 3 is 2.75 bits per heavy atom. The van der Waals surface area contributed by atoms with Crippen LogP contribution in [-0.4, -0.2) is 69.9 Å². The van der Waals surface area contributed by atoms with E-state index in [1.54, 1.807) is 24.3 Å². The highest BCUT2D eigenvalue weighted by Gasteiger charge is 2.38. The normalized spacial score (nSPS) is 27.8. The van der Waals surface area contributed by atoms with Crippen molar-refractivity contribution in [1.82, 2.24) is 15.2 Å². The Morgan fingerprint density at radius 2 is 1.97 bits per heavy atom. The van der Waals surface area contributed by atoms with Gasteiger partial charge in [-0.1, -0.05) is 44.2 Å². The minimum absolute atomic E-state index is 0.00222. The van der Waals surface area contributed by atoms with Crippen molar-refractivity contribution >= 4 is 23.6 Å². The minimum Gasteiger partial charge on any atom is -0.460 e. The summed E-state index contributed by atoms with van der Waals surface area (Å²) < 4.78 is 11.1. The number of ketones is 1. The molecule has 2 aliphatic rings. The van der Waals surface area contributed by atoms with E-state index in [9.17, 15) is 24.3 Å². The van der Waals surface area contributed by atoms with E-state index in [4.69, 9.17) is 9.15 Å². The van der Waals surface area contributed by atoms with Crippen LogP contribution in [0.2, 0.25) is 0 Å². The molecule has 2 aliphatic heterocycles. The summed E-state index contributed by atoms with van der Waals surface area (Å²) in [5.41, 5.74) is 0.0100. The van der Waals surface area contributed by atoms with Crippen LogP contribution in [0.15, 0.2) is 47.1 Å². The molecule has 1 fully saturated rings. The number of hydrogen-bond donors (Lipinski definition) is 2. The zero-order chi connectivity index (χ0) is 26.1. The van der Waals surface area contributed by atoms with E-state index in [-0.39, 0.29) is 48.6 Å². The van der Waals surface area contributed by atoms with Crippen LogP contribution in [0, 0.1) is 5.92 Å². The largest absolute Gasteiger partial charge is 0.460 e. The molecule has 0 radical (unpaired) electrons. The molecular formula is C26H33N3O7. The van der Waals surface area contributed by atoms with Crippen molar-refractivity contribution in [2.75, 3.05) is 13.1 Å². The van der Waals surface area contributed by atoms with Gasteiger partial charge in [0, 0.05) is 25.9 Å².